The first kappa shape index (κ1) is 17.3. The van der Waals surface area contributed by atoms with Gasteiger partial charge in [-0.2, -0.15) is 5.10 Å². The molecule has 0 radical (unpaired) electrons. The molecule has 23 heavy (non-hydrogen) atoms. The topological polar surface area (TPSA) is 70.5 Å². The van der Waals surface area contributed by atoms with Crippen molar-refractivity contribution >= 4 is 11.9 Å². The fourth-order valence-electron chi connectivity index (χ4n) is 2.93. The highest BCUT2D eigenvalue weighted by molar-refractivity contribution is 5.88. The van der Waals surface area contributed by atoms with Crippen molar-refractivity contribution < 1.29 is 9.59 Å². The normalized spacial score (nSPS) is 18.4. The van der Waals surface area contributed by atoms with Crippen LogP contribution in [0.3, 0.4) is 0 Å². The Bertz CT molecular complexity index is 569. The quantitative estimate of drug-likeness (QED) is 0.888. The molecule has 1 aliphatic rings. The van der Waals surface area contributed by atoms with Gasteiger partial charge in [0.15, 0.2) is 0 Å². The number of nitrogens with zero attached hydrogens (tertiary/aromatic N) is 4. The van der Waals surface area contributed by atoms with Gasteiger partial charge in [-0.3, -0.25) is 9.48 Å². The van der Waals surface area contributed by atoms with Crippen LogP contribution < -0.4 is 5.32 Å². The zero-order valence-corrected chi connectivity index (χ0v) is 14.5. The lowest BCUT2D eigenvalue weighted by Gasteiger charge is -2.39. The van der Waals surface area contributed by atoms with E-state index in [9.17, 15) is 9.59 Å². The number of rotatable bonds is 5. The van der Waals surface area contributed by atoms with Gasteiger partial charge in [0.25, 0.3) is 0 Å². The standard InChI is InChI=1S/C16H27N5O2/c1-5-6-7-14-15(22)19(3)8-9-21(14)16(23)17-10-13-11-20(4)18-12(13)2/h11,14H,5-10H2,1-4H3,(H,17,23)/t14-/m1/s1. The molecular weight excluding hydrogens is 294 g/mol. The zero-order valence-electron chi connectivity index (χ0n) is 14.5. The summed E-state index contributed by atoms with van der Waals surface area (Å²) in [7, 11) is 3.66. The number of nitrogens with one attached hydrogen (secondary N) is 1. The molecule has 0 unspecified atom stereocenters. The smallest absolute Gasteiger partial charge is 0.318 e. The molecule has 1 saturated heterocycles. The summed E-state index contributed by atoms with van der Waals surface area (Å²) in [5.41, 5.74) is 1.90. The molecule has 0 aliphatic carbocycles. The minimum atomic E-state index is -0.344. The van der Waals surface area contributed by atoms with E-state index in [0.717, 1.165) is 30.5 Å². The molecule has 1 atom stereocenters. The van der Waals surface area contributed by atoms with Crippen molar-refractivity contribution in [3.63, 3.8) is 0 Å². The molecule has 1 aromatic rings. The molecule has 1 aromatic heterocycles. The van der Waals surface area contributed by atoms with Crippen molar-refractivity contribution in [2.45, 2.75) is 45.7 Å². The number of hydrogen-bond acceptors (Lipinski definition) is 3. The molecule has 0 saturated carbocycles. The second kappa shape index (κ2) is 7.48. The number of likely N-dealkylation sites (N-methyl/N-ethyl adjacent to an activating group) is 1. The average Bonchev–Trinajstić information content (AvgIpc) is 2.84. The maximum absolute atomic E-state index is 12.5. The number of unbranched alkanes of at least 4 members (excludes halogenated alkanes) is 1. The summed E-state index contributed by atoms with van der Waals surface area (Å²) in [6, 6.07) is -0.514. The van der Waals surface area contributed by atoms with Crippen LogP contribution in [0.5, 0.6) is 0 Å². The first-order valence-corrected chi connectivity index (χ1v) is 8.22. The molecule has 3 amide bonds. The Morgan fingerprint density at radius 3 is 2.74 bits per heavy atom. The second-order valence-corrected chi connectivity index (χ2v) is 6.18. The monoisotopic (exact) mass is 321 g/mol. The third-order valence-corrected chi connectivity index (χ3v) is 4.35. The molecular formula is C16H27N5O2. The molecule has 1 aliphatic heterocycles. The van der Waals surface area contributed by atoms with E-state index in [1.54, 1.807) is 21.5 Å². The van der Waals surface area contributed by atoms with Crippen LogP contribution in [-0.4, -0.2) is 57.7 Å². The Morgan fingerprint density at radius 1 is 1.39 bits per heavy atom. The van der Waals surface area contributed by atoms with Gasteiger partial charge in [-0.05, 0) is 13.3 Å². The maximum Gasteiger partial charge on any atom is 0.318 e. The van der Waals surface area contributed by atoms with Gasteiger partial charge < -0.3 is 15.1 Å². The second-order valence-electron chi connectivity index (χ2n) is 6.18. The van der Waals surface area contributed by atoms with Crippen molar-refractivity contribution in [2.24, 2.45) is 7.05 Å². The first-order valence-electron chi connectivity index (χ1n) is 8.22. The van der Waals surface area contributed by atoms with Crippen molar-refractivity contribution in [3.05, 3.63) is 17.5 Å². The summed E-state index contributed by atoms with van der Waals surface area (Å²) in [6.07, 6.45) is 4.58. The lowest BCUT2D eigenvalue weighted by atomic mass is 10.0. The Kier molecular flexibility index (Phi) is 5.63. The number of aryl methyl sites for hydroxylation is 2. The summed E-state index contributed by atoms with van der Waals surface area (Å²) in [4.78, 5) is 28.3. The van der Waals surface area contributed by atoms with Crippen molar-refractivity contribution in [1.29, 1.82) is 0 Å². The van der Waals surface area contributed by atoms with E-state index in [1.807, 2.05) is 20.2 Å². The molecule has 2 heterocycles. The number of carbonyl (C=O) groups is 2. The van der Waals surface area contributed by atoms with Gasteiger partial charge in [0.2, 0.25) is 5.91 Å². The van der Waals surface area contributed by atoms with Crippen LogP contribution in [0.25, 0.3) is 0 Å². The fraction of sp³-hybridized carbons (Fsp3) is 0.688. The molecule has 1 fully saturated rings. The average molecular weight is 321 g/mol. The molecule has 0 bridgehead atoms. The molecule has 7 heteroatoms. The maximum atomic E-state index is 12.5. The van der Waals surface area contributed by atoms with E-state index in [4.69, 9.17) is 0 Å². The number of hydrogen-bond donors (Lipinski definition) is 1. The van der Waals surface area contributed by atoms with Gasteiger partial charge >= 0.3 is 6.03 Å². The number of urea groups is 1. The number of aromatic nitrogens is 2. The number of piperazine rings is 1. The summed E-state index contributed by atoms with van der Waals surface area (Å²) in [5.74, 6) is 0.0393. The SMILES string of the molecule is CCCC[C@@H]1C(=O)N(C)CCN1C(=O)NCc1cn(C)nc1C. The molecule has 0 spiro atoms. The first-order chi connectivity index (χ1) is 10.9. The minimum absolute atomic E-state index is 0.0393. The molecule has 7 nitrogen and oxygen atoms in total. The highest BCUT2D eigenvalue weighted by atomic mass is 16.2. The molecule has 1 N–H and O–H groups in total. The van der Waals surface area contributed by atoms with Crippen molar-refractivity contribution in [3.8, 4) is 0 Å². The number of amides is 3. The number of carbonyl (C=O) groups excluding carboxylic acids is 2. The minimum Gasteiger partial charge on any atom is -0.342 e. The molecule has 128 valence electrons. The highest BCUT2D eigenvalue weighted by Crippen LogP contribution is 2.16. The third kappa shape index (κ3) is 4.03. The van der Waals surface area contributed by atoms with Crippen LogP contribution in [0.1, 0.15) is 37.4 Å². The van der Waals surface area contributed by atoms with Gasteiger partial charge in [-0.25, -0.2) is 4.79 Å². The van der Waals surface area contributed by atoms with Crippen LogP contribution in [0.15, 0.2) is 6.20 Å². The predicted octanol–water partition coefficient (Wildman–Crippen LogP) is 1.27. The molecule has 2 rings (SSSR count). The van der Waals surface area contributed by atoms with Crippen LogP contribution in [0, 0.1) is 6.92 Å². The largest absolute Gasteiger partial charge is 0.342 e. The van der Waals surface area contributed by atoms with E-state index in [1.165, 1.54) is 0 Å². The van der Waals surface area contributed by atoms with Crippen molar-refractivity contribution in [2.75, 3.05) is 20.1 Å². The van der Waals surface area contributed by atoms with Crippen LogP contribution >= 0.6 is 0 Å². The van der Waals surface area contributed by atoms with E-state index >= 15 is 0 Å². The lowest BCUT2D eigenvalue weighted by molar-refractivity contribution is -0.138. The predicted molar refractivity (Wildman–Crippen MR) is 87.8 cm³/mol. The fourth-order valence-corrected chi connectivity index (χ4v) is 2.93. The third-order valence-electron chi connectivity index (χ3n) is 4.35. The van der Waals surface area contributed by atoms with Gasteiger partial charge in [0, 0.05) is 45.5 Å². The Balaban J connectivity index is 2.00. The Labute approximate surface area is 137 Å². The summed E-state index contributed by atoms with van der Waals surface area (Å²) in [5, 5.41) is 7.20. The van der Waals surface area contributed by atoms with Crippen LogP contribution in [0.2, 0.25) is 0 Å². The highest BCUT2D eigenvalue weighted by Gasteiger charge is 2.35. The van der Waals surface area contributed by atoms with Gasteiger partial charge in [-0.1, -0.05) is 19.8 Å². The summed E-state index contributed by atoms with van der Waals surface area (Å²) in [6.45, 7) is 5.60. The lowest BCUT2D eigenvalue weighted by Crippen LogP contribution is -2.59. The zero-order chi connectivity index (χ0) is 17.0. The van der Waals surface area contributed by atoms with Gasteiger partial charge in [0.1, 0.15) is 6.04 Å². The summed E-state index contributed by atoms with van der Waals surface area (Å²) >= 11 is 0. The van der Waals surface area contributed by atoms with Gasteiger partial charge in [-0.15, -0.1) is 0 Å². The van der Waals surface area contributed by atoms with E-state index in [2.05, 4.69) is 17.3 Å². The van der Waals surface area contributed by atoms with Crippen molar-refractivity contribution in [1.82, 2.24) is 24.9 Å². The van der Waals surface area contributed by atoms with E-state index in [0.29, 0.717) is 19.6 Å². The van der Waals surface area contributed by atoms with Crippen LogP contribution in [-0.2, 0) is 18.4 Å². The Hall–Kier alpha value is -2.05. The molecule has 0 aromatic carbocycles. The van der Waals surface area contributed by atoms with Crippen LogP contribution in [0.4, 0.5) is 4.79 Å². The van der Waals surface area contributed by atoms with E-state index < -0.39 is 0 Å². The van der Waals surface area contributed by atoms with Gasteiger partial charge in [0.05, 0.1) is 5.69 Å². The van der Waals surface area contributed by atoms with E-state index in [-0.39, 0.29) is 18.0 Å². The summed E-state index contributed by atoms with van der Waals surface area (Å²) < 4.78 is 1.74. The Morgan fingerprint density at radius 2 is 2.13 bits per heavy atom.